The normalized spacial score (nSPS) is 19.8. The van der Waals surface area contributed by atoms with Crippen molar-refractivity contribution in [2.45, 2.75) is 31.8 Å². The minimum Gasteiger partial charge on any atom is -0.396 e. The molecule has 1 saturated heterocycles. The van der Waals surface area contributed by atoms with Gasteiger partial charge >= 0.3 is 0 Å². The van der Waals surface area contributed by atoms with E-state index in [9.17, 15) is 14.7 Å². The summed E-state index contributed by atoms with van der Waals surface area (Å²) in [7, 11) is 0. The lowest BCUT2D eigenvalue weighted by molar-refractivity contribution is -0.128. The maximum absolute atomic E-state index is 13.0. The molecule has 2 N–H and O–H groups in total. The van der Waals surface area contributed by atoms with Crippen molar-refractivity contribution < 1.29 is 14.7 Å². The van der Waals surface area contributed by atoms with Gasteiger partial charge in [0.15, 0.2) is 0 Å². The van der Waals surface area contributed by atoms with Crippen LogP contribution >= 0.6 is 0 Å². The Labute approximate surface area is 158 Å². The number of rotatable bonds is 6. The summed E-state index contributed by atoms with van der Waals surface area (Å²) in [6.07, 6.45) is 6.64. The van der Waals surface area contributed by atoms with Crippen molar-refractivity contribution in [3.63, 3.8) is 0 Å². The van der Waals surface area contributed by atoms with Crippen molar-refractivity contribution in [2.75, 3.05) is 19.7 Å². The summed E-state index contributed by atoms with van der Waals surface area (Å²) in [5.74, 6) is 0.357. The SMILES string of the molecule is O=C1NCCN(C(=O)c2cccc(-c3cnn(CC4CC4)c3)c2)C1CCO. The highest BCUT2D eigenvalue weighted by Gasteiger charge is 2.33. The Bertz CT molecular complexity index is 843. The summed E-state index contributed by atoms with van der Waals surface area (Å²) in [5.41, 5.74) is 2.46. The highest BCUT2D eigenvalue weighted by Crippen LogP contribution is 2.31. The number of aliphatic hydroxyl groups is 1. The van der Waals surface area contributed by atoms with Crippen molar-refractivity contribution in [3.8, 4) is 11.1 Å². The topological polar surface area (TPSA) is 87.5 Å². The number of nitrogens with zero attached hydrogens (tertiary/aromatic N) is 3. The molecule has 1 aliphatic heterocycles. The van der Waals surface area contributed by atoms with E-state index in [2.05, 4.69) is 10.4 Å². The van der Waals surface area contributed by atoms with Crippen LogP contribution in [0.25, 0.3) is 11.1 Å². The zero-order chi connectivity index (χ0) is 18.8. The van der Waals surface area contributed by atoms with Crippen molar-refractivity contribution in [1.29, 1.82) is 0 Å². The van der Waals surface area contributed by atoms with Gasteiger partial charge in [-0.3, -0.25) is 14.3 Å². The number of carbonyl (C=O) groups is 2. The maximum Gasteiger partial charge on any atom is 0.254 e. The maximum atomic E-state index is 13.0. The van der Waals surface area contributed by atoms with Crippen LogP contribution in [0, 0.1) is 5.92 Å². The van der Waals surface area contributed by atoms with Gasteiger partial charge in [-0.2, -0.15) is 5.10 Å². The van der Waals surface area contributed by atoms with Crippen LogP contribution in [0.15, 0.2) is 36.7 Å². The van der Waals surface area contributed by atoms with Gasteiger partial charge in [-0.25, -0.2) is 0 Å². The molecule has 2 heterocycles. The zero-order valence-corrected chi connectivity index (χ0v) is 15.2. The first-order valence-electron chi connectivity index (χ1n) is 9.48. The van der Waals surface area contributed by atoms with E-state index in [4.69, 9.17) is 0 Å². The first kappa shape index (κ1) is 17.7. The Morgan fingerprint density at radius 2 is 2.15 bits per heavy atom. The van der Waals surface area contributed by atoms with Gasteiger partial charge in [0.2, 0.25) is 5.91 Å². The number of aromatic nitrogens is 2. The summed E-state index contributed by atoms with van der Waals surface area (Å²) < 4.78 is 1.97. The molecule has 27 heavy (non-hydrogen) atoms. The summed E-state index contributed by atoms with van der Waals surface area (Å²) in [4.78, 5) is 26.7. The minimum absolute atomic E-state index is 0.137. The molecular weight excluding hydrogens is 344 g/mol. The lowest BCUT2D eigenvalue weighted by Crippen LogP contribution is -2.57. The molecule has 2 amide bonds. The molecule has 4 rings (SSSR count). The number of hydrogen-bond donors (Lipinski definition) is 2. The van der Waals surface area contributed by atoms with Gasteiger partial charge in [0.05, 0.1) is 6.20 Å². The molecule has 1 aliphatic carbocycles. The van der Waals surface area contributed by atoms with Crippen LogP contribution in [0.3, 0.4) is 0 Å². The molecule has 1 saturated carbocycles. The number of hydrogen-bond acceptors (Lipinski definition) is 4. The fraction of sp³-hybridized carbons (Fsp3) is 0.450. The standard InChI is InChI=1S/C20H24N4O3/c25-9-6-18-19(26)21-7-8-24(18)20(27)16-3-1-2-15(10-16)17-11-22-23(13-17)12-14-4-5-14/h1-3,10-11,13-14,18,25H,4-9,12H2,(H,21,26). The van der Waals surface area contributed by atoms with Gasteiger partial charge in [0, 0.05) is 43.6 Å². The van der Waals surface area contributed by atoms with Crippen LogP contribution in [-0.2, 0) is 11.3 Å². The number of carbonyl (C=O) groups excluding carboxylic acids is 2. The van der Waals surface area contributed by atoms with Gasteiger partial charge in [-0.1, -0.05) is 12.1 Å². The molecule has 7 nitrogen and oxygen atoms in total. The minimum atomic E-state index is -0.624. The second-order valence-electron chi connectivity index (χ2n) is 7.29. The van der Waals surface area contributed by atoms with E-state index in [0.29, 0.717) is 18.7 Å². The quantitative estimate of drug-likeness (QED) is 0.804. The van der Waals surface area contributed by atoms with E-state index in [1.54, 1.807) is 11.0 Å². The molecule has 7 heteroatoms. The van der Waals surface area contributed by atoms with E-state index < -0.39 is 6.04 Å². The van der Waals surface area contributed by atoms with Crippen molar-refractivity contribution in [3.05, 3.63) is 42.2 Å². The van der Waals surface area contributed by atoms with Crippen molar-refractivity contribution >= 4 is 11.8 Å². The number of piperazine rings is 1. The molecule has 1 atom stereocenters. The Hall–Kier alpha value is -2.67. The molecule has 142 valence electrons. The van der Waals surface area contributed by atoms with Crippen LogP contribution in [0.2, 0.25) is 0 Å². The molecule has 0 bridgehead atoms. The molecule has 0 radical (unpaired) electrons. The molecule has 2 fully saturated rings. The van der Waals surface area contributed by atoms with Crippen LogP contribution < -0.4 is 5.32 Å². The first-order chi connectivity index (χ1) is 13.2. The average molecular weight is 368 g/mol. The van der Waals surface area contributed by atoms with E-state index >= 15 is 0 Å². The number of benzene rings is 1. The van der Waals surface area contributed by atoms with Gasteiger partial charge in [-0.15, -0.1) is 0 Å². The van der Waals surface area contributed by atoms with Crippen molar-refractivity contribution in [2.24, 2.45) is 5.92 Å². The van der Waals surface area contributed by atoms with Gasteiger partial charge in [-0.05, 0) is 42.9 Å². The van der Waals surface area contributed by atoms with Crippen LogP contribution in [0.5, 0.6) is 0 Å². The fourth-order valence-corrected chi connectivity index (χ4v) is 3.54. The van der Waals surface area contributed by atoms with Crippen LogP contribution in [0.4, 0.5) is 0 Å². The van der Waals surface area contributed by atoms with E-state index in [1.807, 2.05) is 35.3 Å². The number of aliphatic hydroxyl groups excluding tert-OH is 1. The highest BCUT2D eigenvalue weighted by atomic mass is 16.3. The Morgan fingerprint density at radius 1 is 1.30 bits per heavy atom. The Morgan fingerprint density at radius 3 is 2.93 bits per heavy atom. The summed E-state index contributed by atoms with van der Waals surface area (Å²) in [5, 5.41) is 16.4. The Balaban J connectivity index is 1.54. The lowest BCUT2D eigenvalue weighted by atomic mass is 10.0. The monoisotopic (exact) mass is 368 g/mol. The van der Waals surface area contributed by atoms with Gasteiger partial charge in [0.1, 0.15) is 6.04 Å². The highest BCUT2D eigenvalue weighted by molar-refractivity contribution is 5.99. The molecule has 1 unspecified atom stereocenters. The fourth-order valence-electron chi connectivity index (χ4n) is 3.54. The van der Waals surface area contributed by atoms with Crippen LogP contribution in [0.1, 0.15) is 29.6 Å². The third-order valence-electron chi connectivity index (χ3n) is 5.21. The average Bonchev–Trinajstić information content (AvgIpc) is 3.37. The molecule has 2 aromatic rings. The van der Waals surface area contributed by atoms with Crippen LogP contribution in [-0.4, -0.2) is 57.3 Å². The number of nitrogens with one attached hydrogen (secondary N) is 1. The molecule has 2 aliphatic rings. The third kappa shape index (κ3) is 3.88. The second-order valence-corrected chi connectivity index (χ2v) is 7.29. The third-order valence-corrected chi connectivity index (χ3v) is 5.21. The Kier molecular flexibility index (Phi) is 4.94. The predicted molar refractivity (Wildman–Crippen MR) is 99.9 cm³/mol. The second kappa shape index (κ2) is 7.52. The smallest absolute Gasteiger partial charge is 0.254 e. The van der Waals surface area contributed by atoms with E-state index in [0.717, 1.165) is 23.6 Å². The zero-order valence-electron chi connectivity index (χ0n) is 15.2. The molecule has 1 aromatic heterocycles. The molecule has 1 aromatic carbocycles. The summed E-state index contributed by atoms with van der Waals surface area (Å²) >= 11 is 0. The largest absolute Gasteiger partial charge is 0.396 e. The van der Waals surface area contributed by atoms with E-state index in [1.165, 1.54) is 12.8 Å². The van der Waals surface area contributed by atoms with E-state index in [-0.39, 0.29) is 24.8 Å². The van der Waals surface area contributed by atoms with Gasteiger partial charge in [0.25, 0.3) is 5.91 Å². The lowest BCUT2D eigenvalue weighted by Gasteiger charge is -2.34. The molecular formula is C20H24N4O3. The number of amides is 2. The summed E-state index contributed by atoms with van der Waals surface area (Å²) in [6.45, 7) is 1.69. The van der Waals surface area contributed by atoms with Gasteiger partial charge < -0.3 is 15.3 Å². The molecule has 0 spiro atoms. The predicted octanol–water partition coefficient (Wildman–Crippen LogP) is 1.28. The summed E-state index contributed by atoms with van der Waals surface area (Å²) in [6, 6.07) is 6.81. The first-order valence-corrected chi connectivity index (χ1v) is 9.48. The van der Waals surface area contributed by atoms with Crippen molar-refractivity contribution in [1.82, 2.24) is 20.0 Å².